The lowest BCUT2D eigenvalue weighted by molar-refractivity contribution is -0.587. The van der Waals surface area contributed by atoms with Crippen molar-refractivity contribution in [3.63, 3.8) is 0 Å². The molecule has 1 aromatic rings. The number of likely N-dealkylation sites (N-methyl/N-ethyl adjacent to an activating group) is 2. The molecular formula is C37H54N6O6. The smallest absolute Gasteiger partial charge is 0.308 e. The van der Waals surface area contributed by atoms with Gasteiger partial charge in [0.1, 0.15) is 17.6 Å². The van der Waals surface area contributed by atoms with Crippen molar-refractivity contribution in [2.24, 2.45) is 35.5 Å². The van der Waals surface area contributed by atoms with Gasteiger partial charge in [-0.2, -0.15) is 0 Å². The fourth-order valence-corrected chi connectivity index (χ4v) is 10.3. The number of esters is 1. The highest BCUT2D eigenvalue weighted by Crippen LogP contribution is 2.96. The van der Waals surface area contributed by atoms with Crippen LogP contribution in [0.25, 0.3) is 0 Å². The Morgan fingerprint density at radius 1 is 0.939 bits per heavy atom. The number of carbonyl (C=O) groups is 5. The average molecular weight is 679 g/mol. The van der Waals surface area contributed by atoms with Crippen LogP contribution >= 0.6 is 0 Å². The van der Waals surface area contributed by atoms with Crippen molar-refractivity contribution in [3.8, 4) is 0 Å². The summed E-state index contributed by atoms with van der Waals surface area (Å²) in [5.41, 5.74) is 0.259. The van der Waals surface area contributed by atoms with Gasteiger partial charge in [-0.3, -0.25) is 28.9 Å². The minimum Gasteiger partial charge on any atom is -0.469 e. The number of benzene rings is 1. The molecule has 1 aromatic carbocycles. The van der Waals surface area contributed by atoms with Gasteiger partial charge in [0, 0.05) is 37.0 Å². The minimum atomic E-state index is -0.731. The molecule has 7 rings (SSSR count). The highest BCUT2D eigenvalue weighted by molar-refractivity contribution is 5.99. The van der Waals surface area contributed by atoms with Crippen molar-refractivity contribution < 1.29 is 28.7 Å². The molecular weight excluding hydrogens is 624 g/mol. The second kappa shape index (κ2) is 12.7. The summed E-state index contributed by atoms with van der Waals surface area (Å²) in [6.45, 7) is 9.80. The zero-order valence-corrected chi connectivity index (χ0v) is 30.4. The van der Waals surface area contributed by atoms with Crippen LogP contribution in [-0.4, -0.2) is 120 Å². The molecule has 6 fully saturated rings. The molecule has 4 amide bonds. The van der Waals surface area contributed by atoms with Gasteiger partial charge in [0.2, 0.25) is 23.6 Å². The Kier molecular flexibility index (Phi) is 9.13. The third-order valence-electron chi connectivity index (χ3n) is 12.6. The topological polar surface area (TPSA) is 140 Å². The first-order valence-electron chi connectivity index (χ1n) is 17.9. The molecule has 3 aliphatic carbocycles. The van der Waals surface area contributed by atoms with Crippen LogP contribution in [0, 0.1) is 35.5 Å². The van der Waals surface area contributed by atoms with Gasteiger partial charge in [0.15, 0.2) is 0 Å². The normalized spacial score (nSPS) is 32.3. The van der Waals surface area contributed by atoms with Crippen molar-refractivity contribution in [2.75, 3.05) is 34.8 Å². The first kappa shape index (κ1) is 35.3. The van der Waals surface area contributed by atoms with E-state index >= 15 is 0 Å². The maximum Gasteiger partial charge on any atom is 0.308 e. The van der Waals surface area contributed by atoms with Crippen molar-refractivity contribution in [3.05, 3.63) is 35.9 Å². The largest absolute Gasteiger partial charge is 0.469 e. The van der Waals surface area contributed by atoms with E-state index in [1.165, 1.54) is 12.0 Å². The van der Waals surface area contributed by atoms with Gasteiger partial charge in [0.25, 0.3) is 0 Å². The lowest BCUT2D eigenvalue weighted by Gasteiger charge is -3.10. The van der Waals surface area contributed by atoms with Crippen molar-refractivity contribution in [1.82, 2.24) is 30.7 Å². The maximum absolute atomic E-state index is 14.0. The molecule has 0 spiro atoms. The zero-order chi connectivity index (χ0) is 35.7. The number of nitrogens with one attached hydrogen (secondary N) is 3. The highest BCUT2D eigenvalue weighted by Gasteiger charge is 3.12. The molecule has 0 aromatic heterocycles. The van der Waals surface area contributed by atoms with Gasteiger partial charge in [-0.05, 0) is 50.3 Å². The Labute approximate surface area is 290 Å². The van der Waals surface area contributed by atoms with Crippen molar-refractivity contribution in [1.29, 1.82) is 0 Å². The lowest BCUT2D eigenvalue weighted by atomic mass is 9.08. The lowest BCUT2D eigenvalue weighted by Crippen LogP contribution is -3.27. The fourth-order valence-electron chi connectivity index (χ4n) is 10.3. The molecule has 12 nitrogen and oxygen atoms in total. The monoisotopic (exact) mass is 678 g/mol. The average Bonchev–Trinajstić information content (AvgIpc) is 3.06. The molecule has 3 saturated carbocycles. The van der Waals surface area contributed by atoms with E-state index in [-0.39, 0.29) is 95.3 Å². The van der Waals surface area contributed by atoms with Crippen LogP contribution in [-0.2, 0) is 35.1 Å². The number of nitrogens with zero attached hydrogens (tertiary/aromatic N) is 3. The van der Waals surface area contributed by atoms with E-state index in [0.29, 0.717) is 19.3 Å². The third kappa shape index (κ3) is 4.94. The summed E-state index contributed by atoms with van der Waals surface area (Å²) < 4.78 is 4.97. The van der Waals surface area contributed by atoms with E-state index in [1.807, 2.05) is 65.0 Å². The number of hydrogen-bond donors (Lipinski definition) is 3. The number of carbonyl (C=O) groups excluding carboxylic acids is 5. The number of amides is 4. The van der Waals surface area contributed by atoms with Crippen LogP contribution in [0.3, 0.4) is 0 Å². The second-order valence-corrected chi connectivity index (χ2v) is 15.9. The third-order valence-corrected chi connectivity index (χ3v) is 12.6. The van der Waals surface area contributed by atoms with Crippen molar-refractivity contribution in [2.45, 2.75) is 95.2 Å². The standard InChI is InChI=1S/C37H54N6O6/c1-10-20(4)28(39-24(44)18-41(6)7)33(46)42(8)29(19(2)3)32(45)40-36-25-26-30(36)43-31(36)27(25)37(26,43)35(48)38-23(16-21(5)34(47)49-9)17-22-14-12-11-13-15-22/h11-15,19-21,23,25-31H,10,16-18H2,1-9H3,(H,38,48)(H,39,44)(H,40,45)/t20-,21-,23+,25?,26?,27?,28-,29-,30?,31?,36?,37?/m0/s1. The Balaban J connectivity index is 1.10. The Morgan fingerprint density at radius 3 is 2.08 bits per heavy atom. The Morgan fingerprint density at radius 2 is 1.57 bits per heavy atom. The van der Waals surface area contributed by atoms with E-state index in [1.54, 1.807) is 26.0 Å². The molecule has 4 unspecified atom stereocenters. The summed E-state index contributed by atoms with van der Waals surface area (Å²) >= 11 is 0. The Bertz CT molecular complexity index is 1440. The molecule has 9 atom stereocenters. The quantitative estimate of drug-likeness (QED) is 0.208. The van der Waals surface area contributed by atoms with Crippen LogP contribution in [0.15, 0.2) is 30.3 Å². The number of ether oxygens (including phenoxy) is 1. The molecule has 3 aliphatic heterocycles. The molecule has 0 bridgehead atoms. The molecule has 3 N–H and O–H groups in total. The summed E-state index contributed by atoms with van der Waals surface area (Å²) in [5, 5.41) is 9.64. The highest BCUT2D eigenvalue weighted by atomic mass is 16.5. The second-order valence-electron chi connectivity index (χ2n) is 15.9. The summed E-state index contributed by atoms with van der Waals surface area (Å²) in [6.07, 6.45) is 1.80. The SMILES string of the molecule is CC[C@H](C)[C@H](NC(=O)CN(C)C)C(=O)N(C)[C@H](C(=O)NC12C3C4C1N1C2C3C41C(=O)N[C@@H](Cc1ccccc1)C[C@H](C)C(=O)OC)C(C)C. The fraction of sp³-hybridized carbons (Fsp3) is 0.703. The van der Waals surface area contributed by atoms with E-state index < -0.39 is 17.6 Å². The predicted molar refractivity (Wildman–Crippen MR) is 183 cm³/mol. The number of rotatable bonds is 17. The van der Waals surface area contributed by atoms with Crippen molar-refractivity contribution >= 4 is 29.6 Å². The molecule has 268 valence electrons. The van der Waals surface area contributed by atoms with E-state index in [9.17, 15) is 24.0 Å². The number of methoxy groups -OCH3 is 1. The first-order chi connectivity index (χ1) is 23.2. The summed E-state index contributed by atoms with van der Waals surface area (Å²) in [5.74, 6) is -0.871. The summed E-state index contributed by atoms with van der Waals surface area (Å²) in [7, 11) is 6.65. The van der Waals surface area contributed by atoms with Gasteiger partial charge < -0.3 is 30.5 Å². The zero-order valence-electron chi connectivity index (χ0n) is 30.4. The van der Waals surface area contributed by atoms with Gasteiger partial charge >= 0.3 is 5.97 Å². The molecule has 6 aliphatic rings. The molecule has 49 heavy (non-hydrogen) atoms. The summed E-state index contributed by atoms with van der Waals surface area (Å²) in [4.78, 5) is 72.3. The molecule has 12 heteroatoms. The minimum absolute atomic E-state index is 0.0293. The van der Waals surface area contributed by atoms with Gasteiger partial charge in [-0.25, -0.2) is 0 Å². The van der Waals surface area contributed by atoms with Gasteiger partial charge in [-0.15, -0.1) is 0 Å². The number of piperidine rings is 12. The van der Waals surface area contributed by atoms with Crippen LogP contribution in [0.5, 0.6) is 0 Å². The van der Waals surface area contributed by atoms with E-state index in [4.69, 9.17) is 4.74 Å². The van der Waals surface area contributed by atoms with Gasteiger partial charge in [0.05, 0.1) is 25.1 Å². The maximum atomic E-state index is 14.0. The first-order valence-corrected chi connectivity index (χ1v) is 17.9. The van der Waals surface area contributed by atoms with Crippen LogP contribution in [0.4, 0.5) is 0 Å². The Hall–Kier alpha value is -3.51. The van der Waals surface area contributed by atoms with E-state index in [2.05, 4.69) is 20.9 Å². The predicted octanol–water partition coefficient (Wildman–Crippen LogP) is 1.04. The van der Waals surface area contributed by atoms with Crippen LogP contribution in [0.1, 0.15) is 53.0 Å². The van der Waals surface area contributed by atoms with Crippen LogP contribution < -0.4 is 16.0 Å². The molecule has 0 radical (unpaired) electrons. The van der Waals surface area contributed by atoms with Crippen LogP contribution in [0.2, 0.25) is 0 Å². The number of hydrogen-bond acceptors (Lipinski definition) is 8. The molecule has 3 saturated heterocycles. The molecule has 3 heterocycles. The summed E-state index contributed by atoms with van der Waals surface area (Å²) in [6, 6.07) is 8.59. The van der Waals surface area contributed by atoms with Gasteiger partial charge in [-0.1, -0.05) is 71.4 Å². The van der Waals surface area contributed by atoms with E-state index in [0.717, 1.165) is 5.56 Å².